The van der Waals surface area contributed by atoms with Crippen LogP contribution in [0.3, 0.4) is 0 Å². The molecule has 0 heterocycles. The normalized spacial score (nSPS) is 18.0. The predicted octanol–water partition coefficient (Wildman–Crippen LogP) is 3.07. The van der Waals surface area contributed by atoms with Gasteiger partial charge in [0.05, 0.1) is 6.10 Å². The number of nitrogens with one attached hydrogen (secondary N) is 1. The second-order valence-electron chi connectivity index (χ2n) is 5.15. The zero-order chi connectivity index (χ0) is 13.7. The lowest BCUT2D eigenvalue weighted by atomic mass is 9.88. The second-order valence-corrected chi connectivity index (χ2v) is 5.59. The number of aliphatic hydroxyl groups is 1. The van der Waals surface area contributed by atoms with Gasteiger partial charge in [-0.2, -0.15) is 0 Å². The molecule has 0 bridgehead atoms. The summed E-state index contributed by atoms with van der Waals surface area (Å²) in [6.07, 6.45) is 4.74. The smallest absolute Gasteiger partial charge is 0.223 e. The van der Waals surface area contributed by atoms with Crippen LogP contribution >= 0.6 is 11.6 Å². The molecule has 19 heavy (non-hydrogen) atoms. The fourth-order valence-corrected chi connectivity index (χ4v) is 2.74. The molecule has 4 heteroatoms. The van der Waals surface area contributed by atoms with E-state index in [1.807, 2.05) is 6.07 Å². The zero-order valence-corrected chi connectivity index (χ0v) is 11.7. The fourth-order valence-electron chi connectivity index (χ4n) is 2.54. The maximum atomic E-state index is 12.0. The van der Waals surface area contributed by atoms with Crippen LogP contribution in [0, 0.1) is 5.92 Å². The van der Waals surface area contributed by atoms with Crippen molar-refractivity contribution in [1.29, 1.82) is 0 Å². The van der Waals surface area contributed by atoms with Crippen LogP contribution in [-0.4, -0.2) is 17.6 Å². The zero-order valence-electron chi connectivity index (χ0n) is 10.9. The van der Waals surface area contributed by atoms with Gasteiger partial charge in [0.1, 0.15) is 0 Å². The van der Waals surface area contributed by atoms with E-state index in [9.17, 15) is 9.90 Å². The van der Waals surface area contributed by atoms with Crippen molar-refractivity contribution in [3.05, 3.63) is 34.9 Å². The van der Waals surface area contributed by atoms with E-state index >= 15 is 0 Å². The van der Waals surface area contributed by atoms with Crippen LogP contribution in [0.15, 0.2) is 24.3 Å². The molecule has 2 N–H and O–H groups in total. The number of rotatable bonds is 4. The van der Waals surface area contributed by atoms with Crippen LogP contribution < -0.4 is 5.32 Å². The minimum Gasteiger partial charge on any atom is -0.387 e. The lowest BCUT2D eigenvalue weighted by molar-refractivity contribution is -0.126. The molecule has 1 aliphatic rings. The minimum atomic E-state index is -0.703. The van der Waals surface area contributed by atoms with Crippen LogP contribution in [-0.2, 0) is 4.79 Å². The highest BCUT2D eigenvalue weighted by atomic mass is 35.5. The standard InChI is InChI=1S/C15H20ClNO2/c16-13-8-4-7-12(9-13)14(18)10-17-15(19)11-5-2-1-3-6-11/h4,7-9,11,14,18H,1-3,5-6,10H2,(H,17,19). The van der Waals surface area contributed by atoms with Crippen molar-refractivity contribution in [2.24, 2.45) is 5.92 Å². The van der Waals surface area contributed by atoms with Crippen molar-refractivity contribution in [2.45, 2.75) is 38.2 Å². The summed E-state index contributed by atoms with van der Waals surface area (Å²) in [6.45, 7) is 0.246. The minimum absolute atomic E-state index is 0.0702. The lowest BCUT2D eigenvalue weighted by Crippen LogP contribution is -2.34. The largest absolute Gasteiger partial charge is 0.387 e. The molecule has 3 nitrogen and oxygen atoms in total. The Morgan fingerprint density at radius 3 is 2.79 bits per heavy atom. The highest BCUT2D eigenvalue weighted by Crippen LogP contribution is 2.24. The molecule has 1 fully saturated rings. The number of aliphatic hydroxyl groups excluding tert-OH is 1. The molecule has 1 amide bonds. The molecule has 2 rings (SSSR count). The highest BCUT2D eigenvalue weighted by molar-refractivity contribution is 6.30. The summed E-state index contributed by atoms with van der Waals surface area (Å²) in [5.41, 5.74) is 0.733. The predicted molar refractivity (Wildman–Crippen MR) is 76.0 cm³/mol. The molecule has 104 valence electrons. The third kappa shape index (κ3) is 4.22. The number of halogens is 1. The summed E-state index contributed by atoms with van der Waals surface area (Å²) in [6, 6.07) is 7.09. The number of amides is 1. The lowest BCUT2D eigenvalue weighted by Gasteiger charge is -2.21. The van der Waals surface area contributed by atoms with Crippen LogP contribution in [0.5, 0.6) is 0 Å². The van der Waals surface area contributed by atoms with Gasteiger partial charge in [0.15, 0.2) is 0 Å². The molecule has 0 spiro atoms. The quantitative estimate of drug-likeness (QED) is 0.891. The molecule has 0 radical (unpaired) electrons. The molecular formula is C15H20ClNO2. The Balaban J connectivity index is 1.82. The van der Waals surface area contributed by atoms with E-state index in [-0.39, 0.29) is 18.4 Å². The number of carbonyl (C=O) groups is 1. The fraction of sp³-hybridized carbons (Fsp3) is 0.533. The molecular weight excluding hydrogens is 262 g/mol. The monoisotopic (exact) mass is 281 g/mol. The molecule has 0 saturated heterocycles. The number of carbonyl (C=O) groups excluding carboxylic acids is 1. The summed E-state index contributed by atoms with van der Waals surface area (Å²) >= 11 is 5.87. The molecule has 1 saturated carbocycles. The molecule has 1 unspecified atom stereocenters. The topological polar surface area (TPSA) is 49.3 Å². The summed E-state index contributed by atoms with van der Waals surface area (Å²) in [5, 5.41) is 13.4. The Morgan fingerprint density at radius 2 is 2.11 bits per heavy atom. The van der Waals surface area contributed by atoms with E-state index < -0.39 is 6.10 Å². The number of hydrogen-bond acceptors (Lipinski definition) is 2. The van der Waals surface area contributed by atoms with Crippen LogP contribution in [0.4, 0.5) is 0 Å². The average Bonchev–Trinajstić information content (AvgIpc) is 2.45. The van der Waals surface area contributed by atoms with Gasteiger partial charge >= 0.3 is 0 Å². The second kappa shape index (κ2) is 6.92. The van der Waals surface area contributed by atoms with Crippen LogP contribution in [0.1, 0.15) is 43.8 Å². The number of benzene rings is 1. The molecule has 1 aromatic carbocycles. The summed E-state index contributed by atoms with van der Waals surface area (Å²) in [4.78, 5) is 12.0. The first-order chi connectivity index (χ1) is 9.16. The van der Waals surface area contributed by atoms with Crippen LogP contribution in [0.25, 0.3) is 0 Å². The van der Waals surface area contributed by atoms with Crippen molar-refractivity contribution >= 4 is 17.5 Å². The van der Waals surface area contributed by atoms with Crippen molar-refractivity contribution < 1.29 is 9.90 Å². The van der Waals surface area contributed by atoms with Gasteiger partial charge in [0, 0.05) is 17.5 Å². The Kier molecular flexibility index (Phi) is 5.23. The molecule has 1 atom stereocenters. The van der Waals surface area contributed by atoms with E-state index in [0.29, 0.717) is 5.02 Å². The summed E-state index contributed by atoms with van der Waals surface area (Å²) in [7, 11) is 0. The van der Waals surface area contributed by atoms with E-state index in [0.717, 1.165) is 31.2 Å². The van der Waals surface area contributed by atoms with Gasteiger partial charge < -0.3 is 10.4 Å². The Labute approximate surface area is 119 Å². The molecule has 1 aromatic rings. The Hall–Kier alpha value is -1.06. The molecule has 1 aliphatic carbocycles. The third-order valence-electron chi connectivity index (χ3n) is 3.68. The van der Waals surface area contributed by atoms with Crippen molar-refractivity contribution in [1.82, 2.24) is 5.32 Å². The van der Waals surface area contributed by atoms with Gasteiger partial charge in [-0.1, -0.05) is 43.0 Å². The first kappa shape index (κ1) is 14.4. The van der Waals surface area contributed by atoms with E-state index in [2.05, 4.69) is 5.32 Å². The first-order valence-corrected chi connectivity index (χ1v) is 7.26. The van der Waals surface area contributed by atoms with Gasteiger partial charge in [0.25, 0.3) is 0 Å². The average molecular weight is 282 g/mol. The molecule has 0 aliphatic heterocycles. The van der Waals surface area contributed by atoms with E-state index in [1.54, 1.807) is 18.2 Å². The highest BCUT2D eigenvalue weighted by Gasteiger charge is 2.21. The van der Waals surface area contributed by atoms with Gasteiger partial charge in [-0.25, -0.2) is 0 Å². The first-order valence-electron chi connectivity index (χ1n) is 6.88. The van der Waals surface area contributed by atoms with E-state index in [4.69, 9.17) is 11.6 Å². The summed E-state index contributed by atoms with van der Waals surface area (Å²) in [5.74, 6) is 0.195. The van der Waals surface area contributed by atoms with Crippen molar-refractivity contribution in [2.75, 3.05) is 6.54 Å². The third-order valence-corrected chi connectivity index (χ3v) is 3.91. The SMILES string of the molecule is O=C(NCC(O)c1cccc(Cl)c1)C1CCCCC1. The molecule has 0 aromatic heterocycles. The van der Waals surface area contributed by atoms with Crippen molar-refractivity contribution in [3.63, 3.8) is 0 Å². The summed E-state index contributed by atoms with van der Waals surface area (Å²) < 4.78 is 0. The maximum Gasteiger partial charge on any atom is 0.223 e. The van der Waals surface area contributed by atoms with E-state index in [1.165, 1.54) is 6.42 Å². The van der Waals surface area contributed by atoms with Gasteiger partial charge in [-0.15, -0.1) is 0 Å². The number of hydrogen-bond donors (Lipinski definition) is 2. The van der Waals surface area contributed by atoms with Gasteiger partial charge in [0.2, 0.25) is 5.91 Å². The van der Waals surface area contributed by atoms with Gasteiger partial charge in [-0.3, -0.25) is 4.79 Å². The van der Waals surface area contributed by atoms with Crippen LogP contribution in [0.2, 0.25) is 5.02 Å². The van der Waals surface area contributed by atoms with Crippen molar-refractivity contribution in [3.8, 4) is 0 Å². The van der Waals surface area contributed by atoms with Gasteiger partial charge in [-0.05, 0) is 30.5 Å². The Morgan fingerprint density at radius 1 is 1.37 bits per heavy atom. The Bertz CT molecular complexity index is 430. The maximum absolute atomic E-state index is 12.0.